The van der Waals surface area contributed by atoms with E-state index < -0.39 is 27.1 Å². The fourth-order valence-electron chi connectivity index (χ4n) is 4.83. The molecule has 7 nitrogen and oxygen atoms in total. The van der Waals surface area contributed by atoms with Gasteiger partial charge in [-0.1, -0.05) is 48.5 Å². The maximum absolute atomic E-state index is 13.8. The first-order valence-corrected chi connectivity index (χ1v) is 13.2. The molecule has 2 amide bonds. The minimum atomic E-state index is -3.98. The van der Waals surface area contributed by atoms with Gasteiger partial charge in [-0.3, -0.25) is 9.59 Å². The van der Waals surface area contributed by atoms with Gasteiger partial charge in [0.25, 0.3) is 0 Å². The Kier molecular flexibility index (Phi) is 7.79. The summed E-state index contributed by atoms with van der Waals surface area (Å²) in [5.41, 5.74) is -0.274. The molecule has 2 N–H and O–H groups in total. The number of benzene rings is 2. The first kappa shape index (κ1) is 26.9. The van der Waals surface area contributed by atoms with Gasteiger partial charge in [0, 0.05) is 18.0 Å². The van der Waals surface area contributed by atoms with Crippen molar-refractivity contribution in [2.24, 2.45) is 0 Å². The van der Waals surface area contributed by atoms with Crippen molar-refractivity contribution in [1.29, 1.82) is 0 Å². The molecule has 3 rings (SSSR count). The maximum Gasteiger partial charge on any atom is 0.244 e. The van der Waals surface area contributed by atoms with E-state index in [0.29, 0.717) is 18.5 Å². The predicted octanol–water partition coefficient (Wildman–Crippen LogP) is 4.53. The quantitative estimate of drug-likeness (QED) is 0.503. The zero-order valence-corrected chi connectivity index (χ0v) is 22.0. The lowest BCUT2D eigenvalue weighted by molar-refractivity contribution is -0.117. The summed E-state index contributed by atoms with van der Waals surface area (Å²) in [4.78, 5) is 24.4. The van der Waals surface area contributed by atoms with Gasteiger partial charge in [0.05, 0.1) is 21.1 Å². The Bertz CT molecular complexity index is 1230. The summed E-state index contributed by atoms with van der Waals surface area (Å²) in [6.45, 7) is 10.7. The number of amides is 2. The zero-order valence-electron chi connectivity index (χ0n) is 20.5. The molecular formula is C26H32ClN3O4S. The lowest BCUT2D eigenvalue weighted by Gasteiger charge is -2.40. The van der Waals surface area contributed by atoms with E-state index in [-0.39, 0.29) is 28.2 Å². The van der Waals surface area contributed by atoms with Gasteiger partial charge in [0.15, 0.2) is 0 Å². The second-order valence-corrected chi connectivity index (χ2v) is 12.1. The highest BCUT2D eigenvalue weighted by atomic mass is 35.5. The van der Waals surface area contributed by atoms with E-state index in [0.717, 1.165) is 5.56 Å². The van der Waals surface area contributed by atoms with Crippen molar-refractivity contribution in [2.45, 2.75) is 69.0 Å². The average Bonchev–Trinajstić information content (AvgIpc) is 2.97. The first-order valence-electron chi connectivity index (χ1n) is 11.4. The van der Waals surface area contributed by atoms with Crippen LogP contribution in [0.3, 0.4) is 0 Å². The molecule has 1 saturated heterocycles. The molecule has 2 aromatic rings. The summed E-state index contributed by atoms with van der Waals surface area (Å²) in [6.07, 6.45) is 2.46. The standard InChI is InChI=1S/C26H32ClN3O4S/c1-6-23(31)29-22-17-25(2,3)30(26(22,4)5)35(33,34)19-13-14-21(20(27)16-19)28-24(32)15-12-18-10-8-7-9-11-18/h6-11,13-14,16,22H,1,12,15,17H2,2-5H3,(H,28,32)(H,29,31). The van der Waals surface area contributed by atoms with Gasteiger partial charge < -0.3 is 10.6 Å². The molecule has 0 aliphatic carbocycles. The summed E-state index contributed by atoms with van der Waals surface area (Å²) in [5, 5.41) is 5.75. The topological polar surface area (TPSA) is 95.6 Å². The molecule has 1 atom stereocenters. The number of hydrogen-bond acceptors (Lipinski definition) is 4. The summed E-state index contributed by atoms with van der Waals surface area (Å²) in [6, 6.07) is 13.5. The number of nitrogens with one attached hydrogen (secondary N) is 2. The van der Waals surface area contributed by atoms with Crippen LogP contribution < -0.4 is 10.6 Å². The number of aryl methyl sites for hydroxylation is 1. The number of nitrogens with zero attached hydrogens (tertiary/aromatic N) is 1. The predicted molar refractivity (Wildman–Crippen MR) is 139 cm³/mol. The van der Waals surface area contributed by atoms with Gasteiger partial charge >= 0.3 is 0 Å². The van der Waals surface area contributed by atoms with Crippen molar-refractivity contribution in [2.75, 3.05) is 5.32 Å². The molecule has 1 aliphatic rings. The van der Waals surface area contributed by atoms with E-state index >= 15 is 0 Å². The third-order valence-corrected chi connectivity index (χ3v) is 8.98. The van der Waals surface area contributed by atoms with Crippen LogP contribution in [-0.2, 0) is 26.0 Å². The van der Waals surface area contributed by atoms with E-state index in [4.69, 9.17) is 11.6 Å². The number of carbonyl (C=O) groups excluding carboxylic acids is 2. The SMILES string of the molecule is C=CC(=O)NC1CC(C)(C)N(S(=O)(=O)c2ccc(NC(=O)CCc3ccccc3)c(Cl)c2)C1(C)C. The number of anilines is 1. The smallest absolute Gasteiger partial charge is 0.244 e. The van der Waals surface area contributed by atoms with Crippen molar-refractivity contribution in [3.8, 4) is 0 Å². The monoisotopic (exact) mass is 517 g/mol. The fraction of sp³-hybridized carbons (Fsp3) is 0.385. The fourth-order valence-corrected chi connectivity index (χ4v) is 7.31. The Balaban J connectivity index is 1.80. The van der Waals surface area contributed by atoms with E-state index in [1.54, 1.807) is 13.8 Å². The molecule has 0 spiro atoms. The molecule has 1 fully saturated rings. The number of carbonyl (C=O) groups is 2. The molecule has 1 aliphatic heterocycles. The van der Waals surface area contributed by atoms with Crippen molar-refractivity contribution >= 4 is 39.1 Å². The summed E-state index contributed by atoms with van der Waals surface area (Å²) < 4.78 is 29.0. The van der Waals surface area contributed by atoms with E-state index in [1.807, 2.05) is 44.2 Å². The second-order valence-electron chi connectivity index (χ2n) is 9.88. The van der Waals surface area contributed by atoms with Crippen LogP contribution in [0, 0.1) is 0 Å². The van der Waals surface area contributed by atoms with Crippen molar-refractivity contribution < 1.29 is 18.0 Å². The van der Waals surface area contributed by atoms with Crippen LogP contribution in [0.25, 0.3) is 0 Å². The molecule has 9 heteroatoms. The molecule has 1 unspecified atom stereocenters. The lowest BCUT2D eigenvalue weighted by atomic mass is 9.94. The van der Waals surface area contributed by atoms with Gasteiger partial charge in [-0.2, -0.15) is 4.31 Å². The molecule has 35 heavy (non-hydrogen) atoms. The van der Waals surface area contributed by atoms with E-state index in [9.17, 15) is 18.0 Å². The van der Waals surface area contributed by atoms with Gasteiger partial charge in [0.2, 0.25) is 21.8 Å². The first-order chi connectivity index (χ1) is 16.3. The molecule has 1 heterocycles. The number of hydrogen-bond donors (Lipinski definition) is 2. The minimum absolute atomic E-state index is 0.0154. The Labute approximate surface area is 212 Å². The molecule has 2 aromatic carbocycles. The summed E-state index contributed by atoms with van der Waals surface area (Å²) >= 11 is 6.40. The highest BCUT2D eigenvalue weighted by Crippen LogP contribution is 2.45. The van der Waals surface area contributed by atoms with Crippen LogP contribution in [0.5, 0.6) is 0 Å². The minimum Gasteiger partial charge on any atom is -0.348 e. The van der Waals surface area contributed by atoms with Gasteiger partial charge in [-0.05, 0) is 70.4 Å². The van der Waals surface area contributed by atoms with Gasteiger partial charge in [-0.25, -0.2) is 8.42 Å². The van der Waals surface area contributed by atoms with E-state index in [1.165, 1.54) is 28.6 Å². The molecule has 0 radical (unpaired) electrons. The highest BCUT2D eigenvalue weighted by molar-refractivity contribution is 7.89. The summed E-state index contributed by atoms with van der Waals surface area (Å²) in [7, 11) is -3.98. The Morgan fingerprint density at radius 1 is 1.14 bits per heavy atom. The van der Waals surface area contributed by atoms with Gasteiger partial charge in [-0.15, -0.1) is 0 Å². The number of rotatable bonds is 8. The molecule has 0 aromatic heterocycles. The van der Waals surface area contributed by atoms with Crippen LogP contribution in [-0.4, -0.2) is 41.7 Å². The molecular weight excluding hydrogens is 486 g/mol. The lowest BCUT2D eigenvalue weighted by Crippen LogP contribution is -2.56. The molecule has 188 valence electrons. The third-order valence-electron chi connectivity index (χ3n) is 6.37. The Hall–Kier alpha value is -2.68. The molecule has 0 bridgehead atoms. The summed E-state index contributed by atoms with van der Waals surface area (Å²) in [5.74, 6) is -0.567. The average molecular weight is 518 g/mol. The van der Waals surface area contributed by atoms with E-state index in [2.05, 4.69) is 17.2 Å². The highest BCUT2D eigenvalue weighted by Gasteiger charge is 2.57. The van der Waals surface area contributed by atoms with Crippen LogP contribution in [0.4, 0.5) is 5.69 Å². The van der Waals surface area contributed by atoms with Crippen molar-refractivity contribution in [1.82, 2.24) is 9.62 Å². The van der Waals surface area contributed by atoms with Crippen molar-refractivity contribution in [3.05, 3.63) is 71.8 Å². The largest absolute Gasteiger partial charge is 0.348 e. The number of halogens is 1. The Morgan fingerprint density at radius 3 is 2.40 bits per heavy atom. The zero-order chi connectivity index (χ0) is 26.0. The normalized spacial score (nSPS) is 19.2. The van der Waals surface area contributed by atoms with Crippen molar-refractivity contribution in [3.63, 3.8) is 0 Å². The second kappa shape index (κ2) is 10.1. The third kappa shape index (κ3) is 5.77. The van der Waals surface area contributed by atoms with Crippen LogP contribution in [0.1, 0.15) is 46.1 Å². The van der Waals surface area contributed by atoms with Crippen LogP contribution in [0.15, 0.2) is 66.1 Å². The van der Waals surface area contributed by atoms with Crippen LogP contribution >= 0.6 is 11.6 Å². The molecule has 0 saturated carbocycles. The number of sulfonamides is 1. The van der Waals surface area contributed by atoms with Crippen LogP contribution in [0.2, 0.25) is 5.02 Å². The Morgan fingerprint density at radius 2 is 1.80 bits per heavy atom. The maximum atomic E-state index is 13.8. The van der Waals surface area contributed by atoms with Gasteiger partial charge in [0.1, 0.15) is 0 Å².